The molecule has 11 heteroatoms. The van der Waals surface area contributed by atoms with Crippen LogP contribution >= 0.6 is 12.4 Å². The predicted molar refractivity (Wildman–Crippen MR) is 150 cm³/mol. The monoisotopic (exact) mass is 545 g/mol. The summed E-state index contributed by atoms with van der Waals surface area (Å²) < 4.78 is 15.6. The number of nitrogens with one attached hydrogen (secondary N) is 2. The molecule has 2 amide bonds. The summed E-state index contributed by atoms with van der Waals surface area (Å²) in [6, 6.07) is 8.78. The van der Waals surface area contributed by atoms with E-state index in [4.69, 9.17) is 0 Å². The van der Waals surface area contributed by atoms with E-state index < -0.39 is 0 Å². The summed E-state index contributed by atoms with van der Waals surface area (Å²) in [5.41, 5.74) is 4.68. The van der Waals surface area contributed by atoms with Crippen molar-refractivity contribution in [1.29, 1.82) is 0 Å². The number of halogens is 2. The first-order chi connectivity index (χ1) is 17.8. The van der Waals surface area contributed by atoms with Gasteiger partial charge in [0.1, 0.15) is 5.82 Å². The van der Waals surface area contributed by atoms with E-state index in [9.17, 15) is 14.0 Å². The van der Waals surface area contributed by atoms with Crippen LogP contribution in [0.25, 0.3) is 10.9 Å². The van der Waals surface area contributed by atoms with Gasteiger partial charge in [-0.2, -0.15) is 5.10 Å². The van der Waals surface area contributed by atoms with Gasteiger partial charge < -0.3 is 15.5 Å². The lowest BCUT2D eigenvalue weighted by molar-refractivity contribution is -0.145. The lowest BCUT2D eigenvalue weighted by atomic mass is 10.1. The molecule has 1 aliphatic rings. The molecule has 206 valence electrons. The van der Waals surface area contributed by atoms with Crippen LogP contribution < -0.4 is 15.5 Å². The maximum Gasteiger partial charge on any atom is 0.256 e. The second-order valence-corrected chi connectivity index (χ2v) is 9.37. The first kappa shape index (κ1) is 29.3. The number of hydrogen-bond donors (Lipinski definition) is 2. The summed E-state index contributed by atoms with van der Waals surface area (Å²) in [5, 5.41) is 15.0. The Morgan fingerprint density at radius 1 is 1.08 bits per heavy atom. The molecule has 4 rings (SSSR count). The maximum atomic E-state index is 13.7. The van der Waals surface area contributed by atoms with Crippen molar-refractivity contribution in [2.24, 2.45) is 0 Å². The zero-order valence-electron chi connectivity index (χ0n) is 22.5. The number of amides is 2. The van der Waals surface area contributed by atoms with Gasteiger partial charge in [-0.15, -0.1) is 12.4 Å². The van der Waals surface area contributed by atoms with E-state index in [1.165, 1.54) is 12.1 Å². The number of hydrazine groups is 1. The molecule has 1 aliphatic heterocycles. The molecule has 0 fully saturated rings. The highest BCUT2D eigenvalue weighted by Crippen LogP contribution is 2.28. The Balaban J connectivity index is 0.00000400. The lowest BCUT2D eigenvalue weighted by Gasteiger charge is -2.32. The average Bonchev–Trinajstić information content (AvgIpc) is 3.48. The highest BCUT2D eigenvalue weighted by atomic mass is 35.5. The molecule has 1 aromatic heterocycles. The number of likely N-dealkylation sites (N-methyl/N-ethyl adjacent to an activating group) is 2. The molecule has 0 saturated carbocycles. The molecule has 0 atom stereocenters. The van der Waals surface area contributed by atoms with E-state index in [0.29, 0.717) is 26.2 Å². The molecular weight excluding hydrogens is 509 g/mol. The van der Waals surface area contributed by atoms with Gasteiger partial charge in [-0.25, -0.2) is 9.40 Å². The lowest BCUT2D eigenvalue weighted by Crippen LogP contribution is -2.48. The van der Waals surface area contributed by atoms with E-state index in [-0.39, 0.29) is 43.1 Å². The van der Waals surface area contributed by atoms with Gasteiger partial charge in [0.05, 0.1) is 24.8 Å². The number of aromatic nitrogens is 2. The fraction of sp³-hybridized carbons (Fsp3) is 0.444. The van der Waals surface area contributed by atoms with Gasteiger partial charge in [-0.05, 0) is 61.3 Å². The third-order valence-corrected chi connectivity index (χ3v) is 6.79. The summed E-state index contributed by atoms with van der Waals surface area (Å²) in [6.45, 7) is 9.88. The van der Waals surface area contributed by atoms with Crippen LogP contribution in [0.15, 0.2) is 36.5 Å². The number of benzene rings is 2. The van der Waals surface area contributed by atoms with Crippen molar-refractivity contribution < 1.29 is 14.0 Å². The van der Waals surface area contributed by atoms with Crippen LogP contribution in [0.1, 0.15) is 30.5 Å². The Kier molecular flexibility index (Phi) is 10.1. The van der Waals surface area contributed by atoms with Crippen molar-refractivity contribution in [2.75, 3.05) is 44.7 Å². The molecule has 0 bridgehead atoms. The Morgan fingerprint density at radius 3 is 2.58 bits per heavy atom. The van der Waals surface area contributed by atoms with Gasteiger partial charge in [0.2, 0.25) is 5.91 Å². The van der Waals surface area contributed by atoms with Gasteiger partial charge in [-0.1, -0.05) is 13.0 Å². The van der Waals surface area contributed by atoms with Crippen LogP contribution in [0, 0.1) is 12.7 Å². The van der Waals surface area contributed by atoms with Crippen LogP contribution in [-0.2, 0) is 29.2 Å². The van der Waals surface area contributed by atoms with Crippen molar-refractivity contribution in [3.8, 4) is 0 Å². The third kappa shape index (κ3) is 6.61. The molecule has 9 nitrogen and oxygen atoms in total. The van der Waals surface area contributed by atoms with Gasteiger partial charge >= 0.3 is 0 Å². The van der Waals surface area contributed by atoms with Gasteiger partial charge in [0, 0.05) is 50.8 Å². The molecule has 0 unspecified atom stereocenters. The second-order valence-electron chi connectivity index (χ2n) is 9.37. The molecule has 2 aromatic carbocycles. The summed E-state index contributed by atoms with van der Waals surface area (Å²) in [6.07, 6.45) is 1.81. The Hall–Kier alpha value is -3.21. The van der Waals surface area contributed by atoms with Crippen molar-refractivity contribution >= 4 is 40.8 Å². The number of carbonyl (C=O) groups is 2. The fourth-order valence-electron chi connectivity index (χ4n) is 4.71. The standard InChI is InChI=1S/C27H36FN7O2.ClH/c1-5-29-9-10-30-26(36)17-33(24-13-21-14-31-35(6-2)25(21)11-19(24)3)18-27(37)32(4)34-15-20-7-8-23(28)12-22(20)16-34;/h7-8,11-14,29H,5-6,9-10,15-18H2,1-4H3,(H,30,36);1H. The zero-order chi connectivity index (χ0) is 26.5. The molecule has 2 heterocycles. The van der Waals surface area contributed by atoms with Gasteiger partial charge in [-0.3, -0.25) is 19.3 Å². The van der Waals surface area contributed by atoms with Crippen LogP contribution in [0.4, 0.5) is 10.1 Å². The molecule has 0 radical (unpaired) electrons. The summed E-state index contributed by atoms with van der Waals surface area (Å²) >= 11 is 0. The smallest absolute Gasteiger partial charge is 0.256 e. The fourth-order valence-corrected chi connectivity index (χ4v) is 4.71. The van der Waals surface area contributed by atoms with Gasteiger partial charge in [0.15, 0.2) is 0 Å². The molecule has 0 aliphatic carbocycles. The normalized spacial score (nSPS) is 12.8. The van der Waals surface area contributed by atoms with E-state index in [1.54, 1.807) is 18.1 Å². The molecular formula is C27H37ClFN7O2. The van der Waals surface area contributed by atoms with E-state index in [2.05, 4.69) is 21.8 Å². The van der Waals surface area contributed by atoms with Crippen LogP contribution in [0.3, 0.4) is 0 Å². The Morgan fingerprint density at radius 2 is 1.84 bits per heavy atom. The minimum atomic E-state index is -0.279. The van der Waals surface area contributed by atoms with Crippen molar-refractivity contribution in [2.45, 2.75) is 40.4 Å². The Labute approximate surface area is 229 Å². The Bertz CT molecular complexity index is 1280. The van der Waals surface area contributed by atoms with Crippen LogP contribution in [0.2, 0.25) is 0 Å². The number of aryl methyl sites for hydroxylation is 2. The highest BCUT2D eigenvalue weighted by molar-refractivity contribution is 5.90. The molecule has 0 saturated heterocycles. The van der Waals surface area contributed by atoms with Crippen LogP contribution in [0.5, 0.6) is 0 Å². The summed E-state index contributed by atoms with van der Waals surface area (Å²) in [4.78, 5) is 28.1. The largest absolute Gasteiger partial charge is 0.353 e. The minimum Gasteiger partial charge on any atom is -0.353 e. The first-order valence-electron chi connectivity index (χ1n) is 12.8. The summed E-state index contributed by atoms with van der Waals surface area (Å²) in [7, 11) is 1.72. The van der Waals surface area contributed by atoms with Crippen molar-refractivity contribution in [3.63, 3.8) is 0 Å². The van der Waals surface area contributed by atoms with Crippen molar-refractivity contribution in [1.82, 2.24) is 30.4 Å². The second kappa shape index (κ2) is 13.0. The van der Waals surface area contributed by atoms with E-state index in [0.717, 1.165) is 46.4 Å². The van der Waals surface area contributed by atoms with E-state index in [1.807, 2.05) is 47.6 Å². The van der Waals surface area contributed by atoms with E-state index >= 15 is 0 Å². The summed E-state index contributed by atoms with van der Waals surface area (Å²) in [5.74, 6) is -0.586. The topological polar surface area (TPSA) is 85.7 Å². The first-order valence-corrected chi connectivity index (χ1v) is 12.8. The number of carbonyl (C=O) groups excluding carboxylic acids is 2. The quantitative estimate of drug-likeness (QED) is 0.360. The third-order valence-electron chi connectivity index (χ3n) is 6.79. The average molecular weight is 546 g/mol. The highest BCUT2D eigenvalue weighted by Gasteiger charge is 2.27. The molecule has 0 spiro atoms. The molecule has 3 aromatic rings. The van der Waals surface area contributed by atoms with Crippen LogP contribution in [-0.4, -0.2) is 71.4 Å². The number of anilines is 1. The number of fused-ring (bicyclic) bond motifs is 2. The molecule has 38 heavy (non-hydrogen) atoms. The molecule has 2 N–H and O–H groups in total. The number of nitrogens with zero attached hydrogens (tertiary/aromatic N) is 5. The number of rotatable bonds is 11. The maximum absolute atomic E-state index is 13.7. The van der Waals surface area contributed by atoms with Crippen molar-refractivity contribution in [3.05, 3.63) is 59.0 Å². The number of hydrogen-bond acceptors (Lipinski definition) is 6. The SMILES string of the molecule is CCNCCNC(=O)CN(CC(=O)N(C)N1Cc2ccc(F)cc2C1)c1cc2cnn(CC)c2cc1C.Cl. The van der Waals surface area contributed by atoms with Gasteiger partial charge in [0.25, 0.3) is 5.91 Å². The predicted octanol–water partition coefficient (Wildman–Crippen LogP) is 2.85. The minimum absolute atomic E-state index is 0. The zero-order valence-corrected chi connectivity index (χ0v) is 23.3.